The lowest BCUT2D eigenvalue weighted by molar-refractivity contribution is 0.0930. The van der Waals surface area contributed by atoms with Crippen LogP contribution in [0.25, 0.3) is 11.3 Å². The van der Waals surface area contributed by atoms with Gasteiger partial charge >= 0.3 is 0 Å². The molecule has 1 aliphatic heterocycles. The van der Waals surface area contributed by atoms with Gasteiger partial charge in [-0.3, -0.25) is 9.48 Å². The molecule has 0 spiro atoms. The number of hydrogen-bond donors (Lipinski definition) is 2. The van der Waals surface area contributed by atoms with Crippen LogP contribution in [0.3, 0.4) is 0 Å². The van der Waals surface area contributed by atoms with Gasteiger partial charge in [0.1, 0.15) is 0 Å². The van der Waals surface area contributed by atoms with E-state index >= 15 is 0 Å². The highest BCUT2D eigenvalue weighted by Gasteiger charge is 2.18. The first kappa shape index (κ1) is 18.1. The summed E-state index contributed by atoms with van der Waals surface area (Å²) in [7, 11) is 1.85. The molecule has 3 heterocycles. The van der Waals surface area contributed by atoms with Gasteiger partial charge in [0.2, 0.25) is 5.95 Å². The molecule has 4 rings (SSSR count). The number of nitrogens with zero attached hydrogens (tertiary/aromatic N) is 4. The van der Waals surface area contributed by atoms with E-state index in [0.717, 1.165) is 28.9 Å². The average Bonchev–Trinajstić information content (AvgIpc) is 3.35. The van der Waals surface area contributed by atoms with Gasteiger partial charge in [-0.05, 0) is 31.0 Å². The van der Waals surface area contributed by atoms with Crippen molar-refractivity contribution in [2.45, 2.75) is 19.4 Å². The number of carbonyl (C=O) groups is 1. The number of amides is 1. The van der Waals surface area contributed by atoms with E-state index in [1.54, 1.807) is 17.1 Å². The topological polar surface area (TPSA) is 94.0 Å². The van der Waals surface area contributed by atoms with Crippen LogP contribution in [0.2, 0.25) is 0 Å². The second-order valence-electron chi connectivity index (χ2n) is 6.86. The van der Waals surface area contributed by atoms with Crippen LogP contribution in [-0.2, 0) is 11.8 Å². The maximum atomic E-state index is 12.4. The number of nitrogens with one attached hydrogen (secondary N) is 2. The third-order valence-corrected chi connectivity index (χ3v) is 4.62. The van der Waals surface area contributed by atoms with Gasteiger partial charge in [-0.25, -0.2) is 9.97 Å². The maximum absolute atomic E-state index is 12.4. The van der Waals surface area contributed by atoms with Crippen LogP contribution in [0.15, 0.2) is 42.9 Å². The lowest BCUT2D eigenvalue weighted by atomic mass is 10.1. The second kappa shape index (κ2) is 7.77. The van der Waals surface area contributed by atoms with Gasteiger partial charge in [-0.15, -0.1) is 0 Å². The van der Waals surface area contributed by atoms with Crippen molar-refractivity contribution in [3.05, 3.63) is 54.0 Å². The zero-order valence-corrected chi connectivity index (χ0v) is 15.8. The third kappa shape index (κ3) is 4.01. The summed E-state index contributed by atoms with van der Waals surface area (Å²) in [5.41, 5.74) is 4.14. The Bertz CT molecular complexity index is 977. The van der Waals surface area contributed by atoms with Crippen LogP contribution in [-0.4, -0.2) is 44.9 Å². The normalized spacial score (nSPS) is 16.1. The number of anilines is 2. The molecular formula is C20H22N6O2. The summed E-state index contributed by atoms with van der Waals surface area (Å²) in [5.74, 6) is 0.414. The summed E-state index contributed by atoms with van der Waals surface area (Å²) >= 11 is 0. The lowest BCUT2D eigenvalue weighted by Crippen LogP contribution is -2.34. The molecule has 1 aromatic carbocycles. The number of benzene rings is 1. The van der Waals surface area contributed by atoms with E-state index in [2.05, 4.69) is 25.7 Å². The standard InChI is InChI=1S/C20H22N6O2/c1-13-9-21-20(24-17-10-22-26(2)11-17)25-18(13)14-3-5-15(6-4-14)19(27)23-16-7-8-28-12-16/h3-6,9-11,16H,7-8,12H2,1-2H3,(H,23,27)(H,21,24,25). The van der Waals surface area contributed by atoms with Gasteiger partial charge in [0.15, 0.2) is 0 Å². The minimum atomic E-state index is -0.0830. The summed E-state index contributed by atoms with van der Waals surface area (Å²) in [4.78, 5) is 21.3. The number of hydrogen-bond acceptors (Lipinski definition) is 6. The summed E-state index contributed by atoms with van der Waals surface area (Å²) in [6.45, 7) is 3.24. The first-order valence-electron chi connectivity index (χ1n) is 9.17. The number of aryl methyl sites for hydroxylation is 2. The Morgan fingerprint density at radius 1 is 1.25 bits per heavy atom. The van der Waals surface area contributed by atoms with Gasteiger partial charge in [0.25, 0.3) is 5.91 Å². The quantitative estimate of drug-likeness (QED) is 0.708. The fourth-order valence-electron chi connectivity index (χ4n) is 3.11. The van der Waals surface area contributed by atoms with Gasteiger partial charge in [-0.2, -0.15) is 5.10 Å². The van der Waals surface area contributed by atoms with Gasteiger partial charge in [0.05, 0.1) is 30.2 Å². The number of rotatable bonds is 5. The molecule has 8 nitrogen and oxygen atoms in total. The van der Waals surface area contributed by atoms with Crippen molar-refractivity contribution in [1.82, 2.24) is 25.1 Å². The second-order valence-corrected chi connectivity index (χ2v) is 6.86. The van der Waals surface area contributed by atoms with Crippen LogP contribution >= 0.6 is 0 Å². The van der Waals surface area contributed by atoms with E-state index in [-0.39, 0.29) is 11.9 Å². The Morgan fingerprint density at radius 3 is 2.75 bits per heavy atom. The molecule has 1 unspecified atom stereocenters. The Morgan fingerprint density at radius 2 is 2.07 bits per heavy atom. The van der Waals surface area contributed by atoms with Crippen LogP contribution in [0.4, 0.5) is 11.6 Å². The number of ether oxygens (including phenoxy) is 1. The molecule has 0 aliphatic carbocycles. The van der Waals surface area contributed by atoms with Crippen molar-refractivity contribution in [3.63, 3.8) is 0 Å². The minimum Gasteiger partial charge on any atom is -0.379 e. The molecule has 8 heteroatoms. The van der Waals surface area contributed by atoms with Crippen LogP contribution < -0.4 is 10.6 Å². The lowest BCUT2D eigenvalue weighted by Gasteiger charge is -2.11. The fourth-order valence-corrected chi connectivity index (χ4v) is 3.11. The predicted octanol–water partition coefficient (Wildman–Crippen LogP) is 2.45. The zero-order chi connectivity index (χ0) is 19.5. The van der Waals surface area contributed by atoms with Crippen LogP contribution in [0.1, 0.15) is 22.3 Å². The van der Waals surface area contributed by atoms with E-state index in [9.17, 15) is 4.79 Å². The maximum Gasteiger partial charge on any atom is 0.251 e. The molecule has 1 fully saturated rings. The molecule has 2 aromatic heterocycles. The van der Waals surface area contributed by atoms with E-state index in [1.165, 1.54) is 0 Å². The molecule has 1 aliphatic rings. The van der Waals surface area contributed by atoms with E-state index in [1.807, 2.05) is 44.4 Å². The first-order valence-corrected chi connectivity index (χ1v) is 9.17. The molecule has 1 atom stereocenters. The molecule has 3 aromatic rings. The van der Waals surface area contributed by atoms with Crippen molar-refractivity contribution in [2.75, 3.05) is 18.5 Å². The smallest absolute Gasteiger partial charge is 0.251 e. The van der Waals surface area contributed by atoms with Crippen LogP contribution in [0, 0.1) is 6.92 Å². The Balaban J connectivity index is 1.51. The first-order chi connectivity index (χ1) is 13.6. The predicted molar refractivity (Wildman–Crippen MR) is 105 cm³/mol. The van der Waals surface area contributed by atoms with Crippen molar-refractivity contribution in [1.29, 1.82) is 0 Å². The van der Waals surface area contributed by atoms with Crippen molar-refractivity contribution >= 4 is 17.5 Å². The molecule has 1 saturated heterocycles. The molecule has 1 amide bonds. The number of carbonyl (C=O) groups excluding carboxylic acids is 1. The molecule has 144 valence electrons. The van der Waals surface area contributed by atoms with E-state index in [4.69, 9.17) is 4.74 Å². The van der Waals surface area contributed by atoms with E-state index in [0.29, 0.717) is 24.7 Å². The summed E-state index contributed by atoms with van der Waals surface area (Å²) in [6.07, 6.45) is 6.20. The molecule has 0 saturated carbocycles. The zero-order valence-electron chi connectivity index (χ0n) is 15.8. The van der Waals surface area contributed by atoms with Crippen LogP contribution in [0.5, 0.6) is 0 Å². The highest BCUT2D eigenvalue weighted by molar-refractivity contribution is 5.94. The van der Waals surface area contributed by atoms with Crippen molar-refractivity contribution in [3.8, 4) is 11.3 Å². The largest absolute Gasteiger partial charge is 0.379 e. The number of aromatic nitrogens is 4. The fraction of sp³-hybridized carbons (Fsp3) is 0.300. The molecule has 0 bridgehead atoms. The van der Waals surface area contributed by atoms with E-state index < -0.39 is 0 Å². The monoisotopic (exact) mass is 378 g/mol. The summed E-state index contributed by atoms with van der Waals surface area (Å²) in [5, 5.41) is 10.3. The van der Waals surface area contributed by atoms with Gasteiger partial charge < -0.3 is 15.4 Å². The highest BCUT2D eigenvalue weighted by Crippen LogP contribution is 2.23. The Kier molecular flexibility index (Phi) is 5.03. The van der Waals surface area contributed by atoms with Gasteiger partial charge in [0, 0.05) is 37.2 Å². The van der Waals surface area contributed by atoms with Gasteiger partial charge in [-0.1, -0.05) is 12.1 Å². The molecule has 2 N–H and O–H groups in total. The Labute approximate surface area is 163 Å². The highest BCUT2D eigenvalue weighted by atomic mass is 16.5. The summed E-state index contributed by atoms with van der Waals surface area (Å²) in [6, 6.07) is 7.54. The average molecular weight is 378 g/mol. The molecular weight excluding hydrogens is 356 g/mol. The van der Waals surface area contributed by atoms with Crippen molar-refractivity contribution in [2.24, 2.45) is 7.05 Å². The molecule has 0 radical (unpaired) electrons. The minimum absolute atomic E-state index is 0.0830. The van der Waals surface area contributed by atoms with Crippen molar-refractivity contribution < 1.29 is 9.53 Å². The summed E-state index contributed by atoms with van der Waals surface area (Å²) < 4.78 is 7.01. The third-order valence-electron chi connectivity index (χ3n) is 4.62. The Hall–Kier alpha value is -3.26. The molecule has 28 heavy (non-hydrogen) atoms. The SMILES string of the molecule is Cc1cnc(Nc2cnn(C)c2)nc1-c1ccc(C(=O)NC2CCOC2)cc1.